The first-order valence-electron chi connectivity index (χ1n) is 21.0. The zero-order valence-electron chi connectivity index (χ0n) is 35.0. The molecule has 4 N–H and O–H groups in total. The number of pyridine rings is 2. The minimum Gasteiger partial charge on any atom is -0.508 e. The number of aromatic nitrogens is 2. The highest BCUT2D eigenvalue weighted by molar-refractivity contribution is 6.20. The molecule has 0 radical (unpaired) electrons. The number of aryl methyl sites for hydroxylation is 1. The summed E-state index contributed by atoms with van der Waals surface area (Å²) >= 11 is 0. The molecule has 1 fully saturated rings. The second kappa shape index (κ2) is 15.7. The number of cyclic esters (lactones) is 1. The van der Waals surface area contributed by atoms with Crippen LogP contribution in [0.3, 0.4) is 0 Å². The highest BCUT2D eigenvalue weighted by Crippen LogP contribution is 2.41. The normalized spacial score (nSPS) is 19.5. The van der Waals surface area contributed by atoms with Gasteiger partial charge in [0.05, 0.1) is 34.7 Å². The molecule has 0 bridgehead atoms. The molecule has 2 atom stereocenters. The molecule has 320 valence electrons. The third-order valence-electron chi connectivity index (χ3n) is 12.8. The van der Waals surface area contributed by atoms with Crippen LogP contribution in [0.25, 0.3) is 22.3 Å². The Balaban J connectivity index is 0.827. The summed E-state index contributed by atoms with van der Waals surface area (Å²) in [5.74, 6) is -1.31. The van der Waals surface area contributed by atoms with Crippen molar-refractivity contribution in [3.63, 3.8) is 0 Å². The molecule has 2 aromatic heterocycles. The summed E-state index contributed by atoms with van der Waals surface area (Å²) in [5, 5.41) is 52.0. The van der Waals surface area contributed by atoms with Gasteiger partial charge in [-0.1, -0.05) is 52.0 Å². The number of aromatic hydroxyl groups is 2. The number of hydrogen-bond donors (Lipinski definition) is 4. The number of phenols is 2. The van der Waals surface area contributed by atoms with Gasteiger partial charge in [-0.15, -0.1) is 5.10 Å². The average Bonchev–Trinajstić information content (AvgIpc) is 3.83. The molecule has 6 heterocycles. The molecule has 62 heavy (non-hydrogen) atoms. The van der Waals surface area contributed by atoms with Crippen LogP contribution in [0.1, 0.15) is 90.5 Å². The van der Waals surface area contributed by atoms with Gasteiger partial charge in [0.1, 0.15) is 29.8 Å². The lowest BCUT2D eigenvalue weighted by Crippen LogP contribution is -2.49. The molecule has 3 aromatic carbocycles. The van der Waals surface area contributed by atoms with Crippen molar-refractivity contribution in [1.29, 1.82) is 0 Å². The van der Waals surface area contributed by atoms with Crippen molar-refractivity contribution in [1.82, 2.24) is 19.4 Å². The SMILES string of the molecule is CCc1c2c(nc3ccc(OCC(=O)N4CCN(Cc5ccc(C6C(O)=NN=C6c6cc(C(C)C)c(O)cc6O)cc5)CC4)cc13)-c1cc3c(c(=O)n1C2)COC(=O)C3(O)CC. The maximum absolute atomic E-state index is 13.7. The lowest BCUT2D eigenvalue weighted by Gasteiger charge is -2.34. The van der Waals surface area contributed by atoms with Crippen LogP contribution in [0.15, 0.2) is 75.7 Å². The number of piperazine rings is 1. The summed E-state index contributed by atoms with van der Waals surface area (Å²) in [6, 6.07) is 18.1. The van der Waals surface area contributed by atoms with Crippen LogP contribution < -0.4 is 10.3 Å². The summed E-state index contributed by atoms with van der Waals surface area (Å²) in [6.45, 7) is 10.7. The van der Waals surface area contributed by atoms with E-state index >= 15 is 0 Å². The summed E-state index contributed by atoms with van der Waals surface area (Å²) in [4.78, 5) is 48.7. The minimum absolute atomic E-state index is 0.00207. The molecule has 1 amide bonds. The molecule has 9 rings (SSSR count). The number of carbonyl (C=O) groups is 2. The number of fused-ring (bicyclic) bond motifs is 5. The van der Waals surface area contributed by atoms with E-state index in [-0.39, 0.29) is 65.5 Å². The summed E-state index contributed by atoms with van der Waals surface area (Å²) in [7, 11) is 0. The highest BCUT2D eigenvalue weighted by Gasteiger charge is 2.45. The number of rotatable bonds is 10. The Morgan fingerprint density at radius 1 is 0.935 bits per heavy atom. The predicted octanol–water partition coefficient (Wildman–Crippen LogP) is 5.36. The maximum atomic E-state index is 13.7. The van der Waals surface area contributed by atoms with Gasteiger partial charge in [0.2, 0.25) is 5.90 Å². The van der Waals surface area contributed by atoms with Crippen LogP contribution in [0.2, 0.25) is 0 Å². The largest absolute Gasteiger partial charge is 0.508 e. The molecule has 2 unspecified atom stereocenters. The lowest BCUT2D eigenvalue weighted by molar-refractivity contribution is -0.172. The monoisotopic (exact) mass is 840 g/mol. The number of hydrogen-bond acceptors (Lipinski definition) is 12. The van der Waals surface area contributed by atoms with Gasteiger partial charge in [0.15, 0.2) is 12.2 Å². The fraction of sp³-hybridized carbons (Fsp3) is 0.362. The van der Waals surface area contributed by atoms with E-state index in [9.17, 15) is 34.8 Å². The smallest absolute Gasteiger partial charge is 0.343 e. The number of esters is 1. The van der Waals surface area contributed by atoms with Crippen molar-refractivity contribution in [2.75, 3.05) is 32.8 Å². The standard InChI is InChI=1S/C47H48N6O9/c1-5-29-31-17-28(11-12-36(31)48-42-33(29)22-53-37(42)19-35-34(45(53)58)23-62-46(59)47(35,60)6-2)61-24-40(56)52-15-13-51(14-16-52)21-26-7-9-27(10-8-26)41-43(49-50-44(41)57)32-18-30(25(3)4)38(54)20-39(32)55/h7-12,17-20,25,41,54-55,60H,5-6,13-16,21-24H2,1-4H3,(H,50,57). The Labute approximate surface area is 357 Å². The molecule has 15 heteroatoms. The van der Waals surface area contributed by atoms with Crippen molar-refractivity contribution in [2.45, 2.75) is 77.7 Å². The molecule has 0 saturated carbocycles. The van der Waals surface area contributed by atoms with Gasteiger partial charge >= 0.3 is 5.97 Å². The molecule has 4 aliphatic heterocycles. The van der Waals surface area contributed by atoms with Crippen LogP contribution in [0.5, 0.6) is 17.2 Å². The van der Waals surface area contributed by atoms with E-state index in [1.54, 1.807) is 29.7 Å². The van der Waals surface area contributed by atoms with Crippen molar-refractivity contribution in [2.24, 2.45) is 10.2 Å². The molecule has 4 aliphatic rings. The Morgan fingerprint density at radius 2 is 1.69 bits per heavy atom. The molecular weight excluding hydrogens is 793 g/mol. The van der Waals surface area contributed by atoms with E-state index in [1.165, 1.54) is 6.07 Å². The maximum Gasteiger partial charge on any atom is 0.343 e. The number of aliphatic hydroxyl groups excluding tert-OH is 1. The second-order valence-corrected chi connectivity index (χ2v) is 16.7. The fourth-order valence-electron chi connectivity index (χ4n) is 9.22. The second-order valence-electron chi connectivity index (χ2n) is 16.7. The minimum atomic E-state index is -1.90. The van der Waals surface area contributed by atoms with E-state index in [1.807, 2.05) is 62.1 Å². The zero-order valence-corrected chi connectivity index (χ0v) is 35.0. The van der Waals surface area contributed by atoms with E-state index < -0.39 is 17.5 Å². The molecule has 0 spiro atoms. The Hall–Kier alpha value is -6.58. The lowest BCUT2D eigenvalue weighted by atomic mass is 9.86. The van der Waals surface area contributed by atoms with E-state index in [0.717, 1.165) is 27.6 Å². The van der Waals surface area contributed by atoms with Crippen LogP contribution in [-0.2, 0) is 46.0 Å². The first-order valence-corrected chi connectivity index (χ1v) is 21.0. The topological polar surface area (TPSA) is 200 Å². The fourth-order valence-corrected chi connectivity index (χ4v) is 9.22. The first kappa shape index (κ1) is 40.8. The van der Waals surface area contributed by atoms with Crippen LogP contribution >= 0.6 is 0 Å². The molecule has 15 nitrogen and oxygen atoms in total. The van der Waals surface area contributed by atoms with Gasteiger partial charge < -0.3 is 39.4 Å². The third kappa shape index (κ3) is 6.85. The van der Waals surface area contributed by atoms with E-state index in [4.69, 9.17) is 14.5 Å². The average molecular weight is 841 g/mol. The van der Waals surface area contributed by atoms with Gasteiger partial charge in [-0.3, -0.25) is 14.5 Å². The van der Waals surface area contributed by atoms with Crippen molar-refractivity contribution in [3.8, 4) is 28.6 Å². The number of benzene rings is 3. The van der Waals surface area contributed by atoms with Gasteiger partial charge in [-0.2, -0.15) is 5.10 Å². The van der Waals surface area contributed by atoms with Crippen molar-refractivity contribution < 1.29 is 39.5 Å². The van der Waals surface area contributed by atoms with E-state index in [0.29, 0.717) is 85.2 Å². The summed E-state index contributed by atoms with van der Waals surface area (Å²) in [5.41, 5.74) is 5.44. The van der Waals surface area contributed by atoms with Gasteiger partial charge in [-0.25, -0.2) is 9.78 Å². The van der Waals surface area contributed by atoms with Crippen LogP contribution in [0, 0.1) is 0 Å². The Morgan fingerprint density at radius 3 is 2.40 bits per heavy atom. The summed E-state index contributed by atoms with van der Waals surface area (Å²) in [6.07, 6.45) is 0.723. The van der Waals surface area contributed by atoms with Gasteiger partial charge in [0, 0.05) is 60.9 Å². The van der Waals surface area contributed by atoms with Crippen LogP contribution in [-0.4, -0.2) is 96.0 Å². The molecular formula is C47H48N6O9. The highest BCUT2D eigenvalue weighted by atomic mass is 16.6. The Kier molecular flexibility index (Phi) is 10.3. The third-order valence-corrected chi connectivity index (χ3v) is 12.8. The molecule has 1 saturated heterocycles. The predicted molar refractivity (Wildman–Crippen MR) is 231 cm³/mol. The van der Waals surface area contributed by atoms with Crippen molar-refractivity contribution in [3.05, 3.63) is 116 Å². The summed E-state index contributed by atoms with van der Waals surface area (Å²) < 4.78 is 12.9. The van der Waals surface area contributed by atoms with Gasteiger partial charge in [-0.05, 0) is 71.3 Å². The van der Waals surface area contributed by atoms with Crippen LogP contribution in [0.4, 0.5) is 0 Å². The number of carbonyl (C=O) groups excluding carboxylic acids is 2. The molecule has 5 aromatic rings. The number of ether oxygens (including phenoxy) is 2. The number of aliphatic hydroxyl groups is 2. The number of phenolic OH excluding ortho intramolecular Hbond substituents is 2. The number of amides is 1. The number of nitrogens with zero attached hydrogens (tertiary/aromatic N) is 6. The first-order chi connectivity index (χ1) is 29.8. The zero-order chi connectivity index (χ0) is 43.6. The molecule has 0 aliphatic carbocycles. The Bertz CT molecular complexity index is 2790. The van der Waals surface area contributed by atoms with Gasteiger partial charge in [0.25, 0.3) is 11.5 Å². The quantitative estimate of drug-likeness (QED) is 0.130. The van der Waals surface area contributed by atoms with E-state index in [2.05, 4.69) is 15.1 Å². The van der Waals surface area contributed by atoms with Crippen molar-refractivity contribution >= 4 is 34.4 Å².